The van der Waals surface area contributed by atoms with Gasteiger partial charge in [-0.25, -0.2) is 0 Å². The van der Waals surface area contributed by atoms with Crippen LogP contribution in [0.1, 0.15) is 29.5 Å². The van der Waals surface area contributed by atoms with E-state index in [0.717, 1.165) is 0 Å². The first-order valence-corrected chi connectivity index (χ1v) is 8.36. The zero-order valence-corrected chi connectivity index (χ0v) is 11.8. The van der Waals surface area contributed by atoms with Crippen LogP contribution in [0.15, 0.2) is 42.1 Å². The van der Waals surface area contributed by atoms with Gasteiger partial charge in [0.15, 0.2) is 0 Å². The molecule has 0 radical (unpaired) electrons. The second-order valence-electron chi connectivity index (χ2n) is 3.64. The van der Waals surface area contributed by atoms with Gasteiger partial charge in [-0.3, -0.25) is 0 Å². The van der Waals surface area contributed by atoms with Crippen LogP contribution in [0, 0.1) is 0 Å². The van der Waals surface area contributed by atoms with Crippen molar-refractivity contribution in [2.45, 2.75) is 26.7 Å². The first-order chi connectivity index (χ1) is 6.27. The van der Waals surface area contributed by atoms with Crippen molar-refractivity contribution in [1.29, 1.82) is 0 Å². The van der Waals surface area contributed by atoms with Gasteiger partial charge >= 0.3 is 91.7 Å². The Kier molecular flexibility index (Phi) is 2.83. The summed E-state index contributed by atoms with van der Waals surface area (Å²) >= 11 is -0.599. The molecule has 0 N–H and O–H groups in total. The topological polar surface area (TPSA) is 0 Å². The quantitative estimate of drug-likeness (QED) is 0.673. The van der Waals surface area contributed by atoms with Crippen molar-refractivity contribution >= 4 is 0 Å². The zero-order chi connectivity index (χ0) is 9.26. The van der Waals surface area contributed by atoms with Crippen molar-refractivity contribution in [3.63, 3.8) is 0 Å². The average molecular weight is 339 g/mol. The second kappa shape index (κ2) is 3.91. The van der Waals surface area contributed by atoms with E-state index >= 15 is 0 Å². The minimum Gasteiger partial charge on any atom is -1.00 e. The maximum atomic E-state index is 2.39. The summed E-state index contributed by atoms with van der Waals surface area (Å²) in [4.78, 5) is 0. The molecule has 0 spiro atoms. The van der Waals surface area contributed by atoms with Gasteiger partial charge in [0, 0.05) is 0 Å². The second-order valence-corrected chi connectivity index (χ2v) is 9.02. The minimum absolute atomic E-state index is 0. The summed E-state index contributed by atoms with van der Waals surface area (Å²) in [7, 11) is 0. The molecule has 0 amide bonds. The molecule has 0 fully saturated rings. The molecule has 0 aliphatic heterocycles. The van der Waals surface area contributed by atoms with Gasteiger partial charge in [0.2, 0.25) is 0 Å². The molecule has 0 unspecified atom stereocenters. The Balaban J connectivity index is 0.000000980. The molecule has 2 aliphatic rings. The Morgan fingerprint density at radius 2 is 2.15 bits per heavy atom. The molecule has 68 valence electrons. The van der Waals surface area contributed by atoms with Crippen LogP contribution in [0.2, 0.25) is 0 Å². The molecule has 0 saturated carbocycles. The summed E-state index contributed by atoms with van der Waals surface area (Å²) in [6.45, 7) is 4.54. The molecule has 0 bridgehead atoms. The van der Waals surface area contributed by atoms with Crippen LogP contribution in [-0.4, -0.2) is 0 Å². The smallest absolute Gasteiger partial charge is 1.00 e. The van der Waals surface area contributed by atoms with Crippen LogP contribution in [0.3, 0.4) is 0 Å². The summed E-state index contributed by atoms with van der Waals surface area (Å²) in [5.74, 6) is 0. The van der Waals surface area contributed by atoms with E-state index < -0.39 is 22.9 Å². The van der Waals surface area contributed by atoms with Crippen LogP contribution in [0.5, 0.6) is 0 Å². The van der Waals surface area contributed by atoms with Gasteiger partial charge in [-0.1, -0.05) is 0 Å². The third kappa shape index (κ3) is 2.01. The maximum Gasteiger partial charge on any atom is -1.00 e. The molecule has 0 nitrogen and oxygen atoms in total. The van der Waals surface area contributed by atoms with Crippen molar-refractivity contribution < 1.29 is 25.8 Å². The maximum absolute atomic E-state index is 2.39. The van der Waals surface area contributed by atoms with Crippen molar-refractivity contribution in [3.05, 3.63) is 42.1 Å². The molecule has 0 heterocycles. The van der Waals surface area contributed by atoms with E-state index in [-0.39, 0.29) is 2.85 Å². The molecule has 0 atom stereocenters. The Labute approximate surface area is 94.4 Å². The van der Waals surface area contributed by atoms with E-state index in [2.05, 4.69) is 38.2 Å². The number of hydrogen-bond acceptors (Lipinski definition) is 0. The fraction of sp³-hybridized carbons (Fsp3) is 0.333. The fourth-order valence-electron chi connectivity index (χ4n) is 1.68. The van der Waals surface area contributed by atoms with E-state index in [0.29, 0.717) is 0 Å². The van der Waals surface area contributed by atoms with E-state index in [1.165, 1.54) is 18.4 Å². The van der Waals surface area contributed by atoms with Crippen LogP contribution >= 0.6 is 0 Å². The van der Waals surface area contributed by atoms with Crippen LogP contribution in [0.25, 0.3) is 0 Å². The molecule has 13 heavy (non-hydrogen) atoms. The number of hydrogen-bond donors (Lipinski definition) is 0. The van der Waals surface area contributed by atoms with Crippen LogP contribution < -0.4 is 0 Å². The monoisotopic (exact) mass is 340 g/mol. The third-order valence-electron chi connectivity index (χ3n) is 2.74. The average Bonchev–Trinajstić information content (AvgIpc) is 2.71. The molecule has 0 aromatic heterocycles. The van der Waals surface area contributed by atoms with Crippen molar-refractivity contribution in [1.82, 2.24) is 0 Å². The number of rotatable bonds is 2. The summed E-state index contributed by atoms with van der Waals surface area (Å²) in [5.41, 5.74) is 3.13. The Morgan fingerprint density at radius 1 is 1.31 bits per heavy atom. The number of allylic oxidation sites excluding steroid dienone is 8. The van der Waals surface area contributed by atoms with E-state index in [1.807, 2.05) is 3.33 Å². The van der Waals surface area contributed by atoms with Gasteiger partial charge in [0.25, 0.3) is 0 Å². The molecular formula is C12H16Hf. The van der Waals surface area contributed by atoms with E-state index in [9.17, 15) is 0 Å². The molecule has 0 aromatic carbocycles. The Morgan fingerprint density at radius 3 is 2.69 bits per heavy atom. The van der Waals surface area contributed by atoms with Gasteiger partial charge in [-0.15, -0.1) is 0 Å². The van der Waals surface area contributed by atoms with Gasteiger partial charge in [-0.05, 0) is 0 Å². The van der Waals surface area contributed by atoms with Crippen molar-refractivity contribution in [3.8, 4) is 0 Å². The summed E-state index contributed by atoms with van der Waals surface area (Å²) < 4.78 is 3.57. The Hall–Kier alpha value is -0.170. The standard InChI is InChI=1S/C7H9.C5H5.Hf.2H/c1-6-4-3-5-7(6)2;1-2-4-5-3-1;;;/h4H,3H2,1-2H3;1-3H,4H2;;;/q;;+2;2*-1. The van der Waals surface area contributed by atoms with E-state index in [1.54, 1.807) is 8.90 Å². The van der Waals surface area contributed by atoms with Crippen molar-refractivity contribution in [2.24, 2.45) is 0 Å². The fourth-order valence-corrected chi connectivity index (χ4v) is 6.62. The third-order valence-corrected chi connectivity index (χ3v) is 8.39. The molecule has 0 aromatic rings. The predicted octanol–water partition coefficient (Wildman–Crippen LogP) is 3.76. The van der Waals surface area contributed by atoms with Gasteiger partial charge in [-0.2, -0.15) is 0 Å². The van der Waals surface area contributed by atoms with E-state index in [4.69, 9.17) is 0 Å². The summed E-state index contributed by atoms with van der Waals surface area (Å²) in [6.07, 6.45) is 11.7. The molecule has 2 rings (SSSR count). The minimum atomic E-state index is -0.599. The first-order valence-electron chi connectivity index (χ1n) is 4.77. The first kappa shape index (κ1) is 9.39. The van der Waals surface area contributed by atoms with Gasteiger partial charge < -0.3 is 2.85 Å². The van der Waals surface area contributed by atoms with Crippen molar-refractivity contribution in [2.75, 3.05) is 0 Å². The Bertz CT molecular complexity index is 349. The molecule has 1 heteroatoms. The normalized spacial score (nSPS) is 20.5. The van der Waals surface area contributed by atoms with Gasteiger partial charge in [0.1, 0.15) is 0 Å². The molecule has 2 aliphatic carbocycles. The predicted molar refractivity (Wildman–Crippen MR) is 55.1 cm³/mol. The van der Waals surface area contributed by atoms with Crippen LogP contribution in [0.4, 0.5) is 0 Å². The largest absolute Gasteiger partial charge is 1.00 e. The summed E-state index contributed by atoms with van der Waals surface area (Å²) in [6, 6.07) is 0. The summed E-state index contributed by atoms with van der Waals surface area (Å²) in [5, 5.41) is 0. The SMILES string of the molecule is CC1=CC[C]([Hf+2][C]2=CC=CC2)=C1C.[H-].[H-]. The molecular weight excluding hydrogens is 323 g/mol. The van der Waals surface area contributed by atoms with Crippen LogP contribution in [-0.2, 0) is 22.9 Å². The van der Waals surface area contributed by atoms with Gasteiger partial charge in [0.05, 0.1) is 0 Å². The molecule has 0 saturated heterocycles. The zero-order valence-electron chi connectivity index (χ0n) is 10.2.